The molecule has 1 atom stereocenters. The molecule has 1 N–H and O–H groups in total. The quantitative estimate of drug-likeness (QED) is 0.324. The van der Waals surface area contributed by atoms with Gasteiger partial charge in [-0.15, -0.1) is 0 Å². The molecule has 0 saturated heterocycles. The molecule has 0 unspecified atom stereocenters. The first-order valence-electron chi connectivity index (χ1n) is 10.3. The molecule has 0 fully saturated rings. The van der Waals surface area contributed by atoms with Gasteiger partial charge in [0.1, 0.15) is 23.2 Å². The van der Waals surface area contributed by atoms with E-state index in [2.05, 4.69) is 5.32 Å². The van der Waals surface area contributed by atoms with E-state index in [9.17, 15) is 14.4 Å². The number of carbonyl (C=O) groups excluding carboxylic acids is 3. The zero-order chi connectivity index (χ0) is 23.8. The fourth-order valence-electron chi connectivity index (χ4n) is 3.34. The second kappa shape index (κ2) is 11.3. The standard InChI is InChI=1S/C26H24ClNO5/c1-32-21-11-3-17(4-12-21)25(26(31)18-5-13-22(33-2)14-6-18)23(29)15-16-24(30)28-20-9-7-19(27)8-10-20/h3-14,25H,15-16H2,1-2H3,(H,28,30)/t25-/m0/s1. The fourth-order valence-corrected chi connectivity index (χ4v) is 3.47. The van der Waals surface area contributed by atoms with E-state index in [4.69, 9.17) is 21.1 Å². The summed E-state index contributed by atoms with van der Waals surface area (Å²) in [6.45, 7) is 0. The first kappa shape index (κ1) is 24.0. The minimum atomic E-state index is -1.03. The highest BCUT2D eigenvalue weighted by Crippen LogP contribution is 2.27. The fraction of sp³-hybridized carbons (Fsp3) is 0.192. The van der Waals surface area contributed by atoms with E-state index in [0.29, 0.717) is 33.3 Å². The van der Waals surface area contributed by atoms with Crippen molar-refractivity contribution in [1.82, 2.24) is 0 Å². The Morgan fingerprint density at radius 1 is 0.788 bits per heavy atom. The number of Topliss-reactive ketones (excluding diaryl/α,β-unsaturated/α-hetero) is 2. The van der Waals surface area contributed by atoms with Gasteiger partial charge in [0.05, 0.1) is 14.2 Å². The predicted molar refractivity (Wildman–Crippen MR) is 127 cm³/mol. The van der Waals surface area contributed by atoms with Crippen LogP contribution in [0.5, 0.6) is 11.5 Å². The van der Waals surface area contributed by atoms with E-state index in [1.54, 1.807) is 79.9 Å². The van der Waals surface area contributed by atoms with E-state index in [1.165, 1.54) is 7.11 Å². The van der Waals surface area contributed by atoms with Crippen LogP contribution in [0.15, 0.2) is 72.8 Å². The van der Waals surface area contributed by atoms with Crippen LogP contribution in [0, 0.1) is 0 Å². The predicted octanol–water partition coefficient (Wildman–Crippen LogP) is 5.31. The van der Waals surface area contributed by atoms with E-state index < -0.39 is 5.92 Å². The lowest BCUT2D eigenvalue weighted by Gasteiger charge is -2.16. The van der Waals surface area contributed by atoms with Gasteiger partial charge in [-0.3, -0.25) is 14.4 Å². The van der Waals surface area contributed by atoms with Gasteiger partial charge in [-0.25, -0.2) is 0 Å². The van der Waals surface area contributed by atoms with Gasteiger partial charge in [0.2, 0.25) is 5.91 Å². The smallest absolute Gasteiger partial charge is 0.224 e. The van der Waals surface area contributed by atoms with Crippen LogP contribution in [0.1, 0.15) is 34.7 Å². The second-order valence-corrected chi connectivity index (χ2v) is 7.76. The Labute approximate surface area is 197 Å². The number of halogens is 1. The molecule has 33 heavy (non-hydrogen) atoms. The Balaban J connectivity index is 1.76. The molecule has 0 radical (unpaired) electrons. The molecular formula is C26H24ClNO5. The lowest BCUT2D eigenvalue weighted by atomic mass is 9.85. The van der Waals surface area contributed by atoms with Crippen molar-refractivity contribution in [2.45, 2.75) is 18.8 Å². The summed E-state index contributed by atoms with van der Waals surface area (Å²) in [5, 5.41) is 3.28. The normalized spacial score (nSPS) is 11.4. The number of ketones is 2. The number of anilines is 1. The van der Waals surface area contributed by atoms with Gasteiger partial charge >= 0.3 is 0 Å². The number of carbonyl (C=O) groups is 3. The summed E-state index contributed by atoms with van der Waals surface area (Å²) in [6.07, 6.45) is -0.137. The second-order valence-electron chi connectivity index (χ2n) is 7.32. The number of amides is 1. The van der Waals surface area contributed by atoms with Crippen LogP contribution in [0.3, 0.4) is 0 Å². The zero-order valence-corrected chi connectivity index (χ0v) is 19.1. The van der Waals surface area contributed by atoms with Crippen LogP contribution in [0.2, 0.25) is 5.02 Å². The van der Waals surface area contributed by atoms with Crippen molar-refractivity contribution in [2.75, 3.05) is 19.5 Å². The van der Waals surface area contributed by atoms with Crippen molar-refractivity contribution in [3.05, 3.63) is 88.9 Å². The molecular weight excluding hydrogens is 442 g/mol. The van der Waals surface area contributed by atoms with Crippen LogP contribution in [0.25, 0.3) is 0 Å². The highest BCUT2D eigenvalue weighted by atomic mass is 35.5. The molecule has 0 spiro atoms. The van der Waals surface area contributed by atoms with E-state index in [0.717, 1.165) is 0 Å². The highest BCUT2D eigenvalue weighted by Gasteiger charge is 2.29. The number of benzene rings is 3. The van der Waals surface area contributed by atoms with Gasteiger partial charge in [0.25, 0.3) is 0 Å². The van der Waals surface area contributed by atoms with Gasteiger partial charge in [0.15, 0.2) is 5.78 Å². The maximum absolute atomic E-state index is 13.3. The lowest BCUT2D eigenvalue weighted by molar-refractivity contribution is -0.123. The Hall–Kier alpha value is -3.64. The van der Waals surface area contributed by atoms with Crippen LogP contribution in [-0.2, 0) is 9.59 Å². The molecule has 1 amide bonds. The topological polar surface area (TPSA) is 81.7 Å². The SMILES string of the molecule is COc1ccc(C(=O)[C@H](C(=O)CCC(=O)Nc2ccc(Cl)cc2)c2ccc(OC)cc2)cc1. The highest BCUT2D eigenvalue weighted by molar-refractivity contribution is 6.30. The average molecular weight is 466 g/mol. The third kappa shape index (κ3) is 6.43. The Morgan fingerprint density at radius 2 is 1.33 bits per heavy atom. The average Bonchev–Trinajstić information content (AvgIpc) is 2.84. The van der Waals surface area contributed by atoms with Crippen LogP contribution in [0.4, 0.5) is 5.69 Å². The third-order valence-electron chi connectivity index (χ3n) is 5.13. The minimum absolute atomic E-state index is 0.0516. The number of rotatable bonds is 10. The molecule has 170 valence electrons. The Morgan fingerprint density at radius 3 is 1.88 bits per heavy atom. The van der Waals surface area contributed by atoms with Crippen molar-refractivity contribution in [1.29, 1.82) is 0 Å². The van der Waals surface area contributed by atoms with Gasteiger partial charge in [-0.05, 0) is 66.2 Å². The Kier molecular flexibility index (Phi) is 8.22. The molecule has 0 aliphatic rings. The number of hydrogen-bond donors (Lipinski definition) is 1. The van der Waals surface area contributed by atoms with Crippen LogP contribution < -0.4 is 14.8 Å². The van der Waals surface area contributed by atoms with Crippen molar-refractivity contribution < 1.29 is 23.9 Å². The van der Waals surface area contributed by atoms with Crippen LogP contribution >= 0.6 is 11.6 Å². The summed E-state index contributed by atoms with van der Waals surface area (Å²) in [7, 11) is 3.08. The van der Waals surface area contributed by atoms with Gasteiger partial charge < -0.3 is 14.8 Å². The summed E-state index contributed by atoms with van der Waals surface area (Å²) in [5.41, 5.74) is 1.51. The van der Waals surface area contributed by atoms with Gasteiger partial charge in [-0.2, -0.15) is 0 Å². The Bertz CT molecular complexity index is 1110. The monoisotopic (exact) mass is 465 g/mol. The maximum Gasteiger partial charge on any atom is 0.224 e. The van der Waals surface area contributed by atoms with Crippen molar-refractivity contribution in [3.8, 4) is 11.5 Å². The molecule has 0 aromatic heterocycles. The first-order chi connectivity index (χ1) is 15.9. The van der Waals surface area contributed by atoms with Crippen LogP contribution in [-0.4, -0.2) is 31.7 Å². The van der Waals surface area contributed by atoms with E-state index >= 15 is 0 Å². The molecule has 0 saturated carbocycles. The molecule has 0 bridgehead atoms. The number of nitrogens with one attached hydrogen (secondary N) is 1. The van der Waals surface area contributed by atoms with Crippen molar-refractivity contribution in [2.24, 2.45) is 0 Å². The first-order valence-corrected chi connectivity index (χ1v) is 10.7. The van der Waals surface area contributed by atoms with E-state index in [1.807, 2.05) is 0 Å². The van der Waals surface area contributed by atoms with Crippen molar-refractivity contribution in [3.63, 3.8) is 0 Å². The zero-order valence-electron chi connectivity index (χ0n) is 18.3. The molecule has 3 aromatic rings. The molecule has 0 aliphatic heterocycles. The van der Waals surface area contributed by atoms with Crippen molar-refractivity contribution >= 4 is 34.8 Å². The lowest BCUT2D eigenvalue weighted by Crippen LogP contribution is -2.24. The van der Waals surface area contributed by atoms with Gasteiger partial charge in [0, 0.05) is 29.1 Å². The minimum Gasteiger partial charge on any atom is -0.497 e. The molecule has 7 heteroatoms. The summed E-state index contributed by atoms with van der Waals surface area (Å²) in [5.74, 6) is -0.816. The maximum atomic E-state index is 13.3. The number of methoxy groups -OCH3 is 2. The summed E-state index contributed by atoms with van der Waals surface area (Å²) < 4.78 is 10.3. The summed E-state index contributed by atoms with van der Waals surface area (Å²) in [4.78, 5) is 38.8. The molecule has 6 nitrogen and oxygen atoms in total. The molecule has 3 rings (SSSR count). The number of ether oxygens (including phenoxy) is 2. The van der Waals surface area contributed by atoms with E-state index in [-0.39, 0.29) is 30.3 Å². The number of hydrogen-bond acceptors (Lipinski definition) is 5. The summed E-state index contributed by atoms with van der Waals surface area (Å²) >= 11 is 5.86. The molecule has 3 aromatic carbocycles. The molecule has 0 aliphatic carbocycles. The largest absolute Gasteiger partial charge is 0.497 e. The molecule has 0 heterocycles. The third-order valence-corrected chi connectivity index (χ3v) is 5.39. The summed E-state index contributed by atoms with van der Waals surface area (Å²) in [6, 6.07) is 20.0. The van der Waals surface area contributed by atoms with Gasteiger partial charge in [-0.1, -0.05) is 23.7 Å².